The lowest BCUT2D eigenvalue weighted by atomic mass is 10.1. The van der Waals surface area contributed by atoms with Crippen LogP contribution in [-0.4, -0.2) is 0 Å². The predicted molar refractivity (Wildman–Crippen MR) is 64.4 cm³/mol. The summed E-state index contributed by atoms with van der Waals surface area (Å²) >= 11 is 1.69. The summed E-state index contributed by atoms with van der Waals surface area (Å²) in [5, 5.41) is 12.8. The van der Waals surface area contributed by atoms with E-state index in [1.54, 1.807) is 11.3 Å². The minimum atomic E-state index is 0.697. The molecule has 0 saturated heterocycles. The van der Waals surface area contributed by atoms with Crippen molar-refractivity contribution in [1.82, 2.24) is 0 Å². The van der Waals surface area contributed by atoms with Gasteiger partial charge in [-0.05, 0) is 40.1 Å². The maximum atomic E-state index is 8.64. The van der Waals surface area contributed by atoms with Crippen LogP contribution in [0.5, 0.6) is 0 Å². The molecule has 0 bridgehead atoms. The second-order valence-corrected chi connectivity index (χ2v) is 3.90. The second-order valence-electron chi connectivity index (χ2n) is 3.12. The normalized spacial score (nSPS) is 10.3. The van der Waals surface area contributed by atoms with E-state index < -0.39 is 0 Å². The molecule has 2 aromatic rings. The zero-order chi connectivity index (χ0) is 10.5. The summed E-state index contributed by atoms with van der Waals surface area (Å²) in [7, 11) is 0. The van der Waals surface area contributed by atoms with E-state index in [0.717, 1.165) is 5.56 Å². The van der Waals surface area contributed by atoms with E-state index >= 15 is 0 Å². The highest BCUT2D eigenvalue weighted by molar-refractivity contribution is 7.08. The van der Waals surface area contributed by atoms with Crippen LogP contribution < -0.4 is 0 Å². The second kappa shape index (κ2) is 4.59. The molecule has 1 aromatic carbocycles. The average Bonchev–Trinajstić information content (AvgIpc) is 2.80. The van der Waals surface area contributed by atoms with Crippen molar-refractivity contribution in [2.24, 2.45) is 0 Å². The number of nitriles is 1. The topological polar surface area (TPSA) is 23.8 Å². The van der Waals surface area contributed by atoms with E-state index in [1.165, 1.54) is 5.56 Å². The van der Waals surface area contributed by atoms with Crippen molar-refractivity contribution in [3.63, 3.8) is 0 Å². The Morgan fingerprint density at radius 3 is 2.33 bits per heavy atom. The monoisotopic (exact) mass is 211 g/mol. The highest BCUT2D eigenvalue weighted by Crippen LogP contribution is 2.11. The molecular weight excluding hydrogens is 202 g/mol. The Bertz CT molecular complexity index is 486. The standard InChI is InChI=1S/C13H9NS/c14-9-12-4-1-11(2-5-12)3-6-13-7-8-15-10-13/h1-8,10H/b6-3+. The number of thiophene rings is 1. The van der Waals surface area contributed by atoms with Crippen LogP contribution in [0.2, 0.25) is 0 Å². The van der Waals surface area contributed by atoms with Crippen molar-refractivity contribution in [3.8, 4) is 6.07 Å². The summed E-state index contributed by atoms with van der Waals surface area (Å²) in [6.45, 7) is 0. The van der Waals surface area contributed by atoms with Gasteiger partial charge in [0.25, 0.3) is 0 Å². The quantitative estimate of drug-likeness (QED) is 0.741. The molecular formula is C13H9NS. The van der Waals surface area contributed by atoms with Crippen LogP contribution in [0.15, 0.2) is 41.1 Å². The Morgan fingerprint density at radius 1 is 1.00 bits per heavy atom. The first kappa shape index (κ1) is 9.70. The van der Waals surface area contributed by atoms with Gasteiger partial charge in [0, 0.05) is 0 Å². The van der Waals surface area contributed by atoms with E-state index in [9.17, 15) is 0 Å². The summed E-state index contributed by atoms with van der Waals surface area (Å²) in [5.74, 6) is 0. The molecule has 0 saturated carbocycles. The van der Waals surface area contributed by atoms with Crippen LogP contribution >= 0.6 is 11.3 Å². The summed E-state index contributed by atoms with van der Waals surface area (Å²) in [6.07, 6.45) is 4.11. The molecule has 0 radical (unpaired) electrons. The first-order chi connectivity index (χ1) is 7.38. The molecule has 1 nitrogen and oxygen atoms in total. The number of hydrogen-bond donors (Lipinski definition) is 0. The fourth-order valence-corrected chi connectivity index (χ4v) is 1.86. The molecule has 2 rings (SSSR count). The largest absolute Gasteiger partial charge is 0.192 e. The molecule has 2 heteroatoms. The van der Waals surface area contributed by atoms with E-state index in [4.69, 9.17) is 5.26 Å². The van der Waals surface area contributed by atoms with Gasteiger partial charge < -0.3 is 0 Å². The van der Waals surface area contributed by atoms with E-state index in [2.05, 4.69) is 29.0 Å². The van der Waals surface area contributed by atoms with Crippen LogP contribution in [0.3, 0.4) is 0 Å². The molecule has 0 amide bonds. The van der Waals surface area contributed by atoms with Crippen LogP contribution in [0.4, 0.5) is 0 Å². The molecule has 0 N–H and O–H groups in total. The fourth-order valence-electron chi connectivity index (χ4n) is 1.23. The SMILES string of the molecule is N#Cc1ccc(/C=C/c2ccsc2)cc1. The molecule has 1 aromatic heterocycles. The Labute approximate surface area is 92.9 Å². The molecule has 72 valence electrons. The van der Waals surface area contributed by atoms with Gasteiger partial charge in [0.05, 0.1) is 11.6 Å². The van der Waals surface area contributed by atoms with E-state index in [-0.39, 0.29) is 0 Å². The molecule has 0 fully saturated rings. The third-order valence-electron chi connectivity index (χ3n) is 2.05. The van der Waals surface area contributed by atoms with Gasteiger partial charge in [-0.15, -0.1) is 0 Å². The zero-order valence-electron chi connectivity index (χ0n) is 8.05. The van der Waals surface area contributed by atoms with Crippen molar-refractivity contribution in [3.05, 3.63) is 57.8 Å². The first-order valence-corrected chi connectivity index (χ1v) is 5.53. The van der Waals surface area contributed by atoms with Gasteiger partial charge in [0.1, 0.15) is 0 Å². The van der Waals surface area contributed by atoms with Gasteiger partial charge in [0.2, 0.25) is 0 Å². The molecule has 0 atom stereocenters. The Morgan fingerprint density at radius 2 is 1.73 bits per heavy atom. The summed E-state index contributed by atoms with van der Waals surface area (Å²) < 4.78 is 0. The lowest BCUT2D eigenvalue weighted by molar-refractivity contribution is 1.48. The van der Waals surface area contributed by atoms with E-state index in [0.29, 0.717) is 5.56 Å². The summed E-state index contributed by atoms with van der Waals surface area (Å²) in [6, 6.07) is 11.7. The van der Waals surface area contributed by atoms with Crippen molar-refractivity contribution < 1.29 is 0 Å². The fraction of sp³-hybridized carbons (Fsp3) is 0. The molecule has 0 aliphatic rings. The van der Waals surface area contributed by atoms with Crippen molar-refractivity contribution in [1.29, 1.82) is 5.26 Å². The van der Waals surface area contributed by atoms with Gasteiger partial charge in [-0.3, -0.25) is 0 Å². The average molecular weight is 211 g/mol. The highest BCUT2D eigenvalue weighted by atomic mass is 32.1. The molecule has 15 heavy (non-hydrogen) atoms. The van der Waals surface area contributed by atoms with Gasteiger partial charge in [-0.25, -0.2) is 0 Å². The lowest BCUT2D eigenvalue weighted by Gasteiger charge is -1.92. The van der Waals surface area contributed by atoms with Crippen LogP contribution in [0, 0.1) is 11.3 Å². The van der Waals surface area contributed by atoms with Crippen molar-refractivity contribution in [2.45, 2.75) is 0 Å². The van der Waals surface area contributed by atoms with Gasteiger partial charge in [-0.1, -0.05) is 24.3 Å². The Balaban J connectivity index is 2.15. The van der Waals surface area contributed by atoms with Crippen molar-refractivity contribution >= 4 is 23.5 Å². The molecule has 0 spiro atoms. The predicted octanol–water partition coefficient (Wildman–Crippen LogP) is 3.79. The van der Waals surface area contributed by atoms with Gasteiger partial charge in [0.15, 0.2) is 0 Å². The van der Waals surface area contributed by atoms with Gasteiger partial charge in [-0.2, -0.15) is 16.6 Å². The summed E-state index contributed by atoms with van der Waals surface area (Å²) in [4.78, 5) is 0. The third-order valence-corrected chi connectivity index (χ3v) is 2.75. The van der Waals surface area contributed by atoms with Crippen LogP contribution in [0.25, 0.3) is 12.2 Å². The van der Waals surface area contributed by atoms with Crippen LogP contribution in [-0.2, 0) is 0 Å². The minimum absolute atomic E-state index is 0.697. The van der Waals surface area contributed by atoms with Crippen molar-refractivity contribution in [2.75, 3.05) is 0 Å². The minimum Gasteiger partial charge on any atom is -0.192 e. The zero-order valence-corrected chi connectivity index (χ0v) is 8.87. The molecule has 0 unspecified atom stereocenters. The number of nitrogens with zero attached hydrogens (tertiary/aromatic N) is 1. The number of rotatable bonds is 2. The van der Waals surface area contributed by atoms with Gasteiger partial charge >= 0.3 is 0 Å². The highest BCUT2D eigenvalue weighted by Gasteiger charge is 1.90. The molecule has 0 aliphatic heterocycles. The Hall–Kier alpha value is -1.85. The lowest BCUT2D eigenvalue weighted by Crippen LogP contribution is -1.74. The smallest absolute Gasteiger partial charge is 0.0991 e. The first-order valence-electron chi connectivity index (χ1n) is 4.59. The third kappa shape index (κ3) is 2.55. The van der Waals surface area contributed by atoms with Crippen LogP contribution in [0.1, 0.15) is 16.7 Å². The number of hydrogen-bond acceptors (Lipinski definition) is 2. The maximum absolute atomic E-state index is 8.64. The molecule has 1 heterocycles. The summed E-state index contributed by atoms with van der Waals surface area (Å²) in [5.41, 5.74) is 3.02. The maximum Gasteiger partial charge on any atom is 0.0991 e. The van der Waals surface area contributed by atoms with E-state index in [1.807, 2.05) is 30.3 Å². The molecule has 0 aliphatic carbocycles. The Kier molecular flexibility index (Phi) is 2.96. The number of benzene rings is 1.